The van der Waals surface area contributed by atoms with Crippen LogP contribution in [0.25, 0.3) is 0 Å². The molecule has 1 saturated carbocycles. The monoisotopic (exact) mass is 244 g/mol. The first kappa shape index (κ1) is 13.0. The number of hydrogen-bond acceptors (Lipinski definition) is 4. The average Bonchev–Trinajstić information content (AvgIpc) is 2.12. The third kappa shape index (κ3) is 2.73. The molecule has 0 heterocycles. The summed E-state index contributed by atoms with van der Waals surface area (Å²) >= 11 is 0. The Bertz CT molecular complexity index is 418. The molecule has 1 amide bonds. The molecule has 90 valence electrons. The molecule has 0 saturated heterocycles. The summed E-state index contributed by atoms with van der Waals surface area (Å²) in [4.78, 5) is 13.3. The number of sulfone groups is 1. The van der Waals surface area contributed by atoms with Crippen molar-refractivity contribution in [3.05, 3.63) is 0 Å². The van der Waals surface area contributed by atoms with Crippen LogP contribution in [-0.2, 0) is 14.6 Å². The standard InChI is InChI=1S/C10H16N2O3S/c1-12(6-7-16(2,14)15)9(13)10(8-11)4-3-5-10/h3-7H2,1-2H3. The van der Waals surface area contributed by atoms with Gasteiger partial charge in [0.25, 0.3) is 0 Å². The van der Waals surface area contributed by atoms with Gasteiger partial charge in [0.05, 0.1) is 11.8 Å². The summed E-state index contributed by atoms with van der Waals surface area (Å²) in [5, 5.41) is 8.97. The van der Waals surface area contributed by atoms with Crippen molar-refractivity contribution in [3.63, 3.8) is 0 Å². The molecule has 0 spiro atoms. The fraction of sp³-hybridized carbons (Fsp3) is 0.800. The third-order valence-electron chi connectivity index (χ3n) is 2.97. The van der Waals surface area contributed by atoms with Crippen LogP contribution in [0.4, 0.5) is 0 Å². The Kier molecular flexibility index (Phi) is 3.58. The maximum absolute atomic E-state index is 11.9. The minimum atomic E-state index is -3.07. The predicted octanol–water partition coefficient (Wildman–Crippen LogP) is 0.183. The van der Waals surface area contributed by atoms with E-state index in [0.29, 0.717) is 12.8 Å². The maximum atomic E-state index is 11.9. The van der Waals surface area contributed by atoms with Crippen LogP contribution in [0.5, 0.6) is 0 Å². The van der Waals surface area contributed by atoms with Crippen LogP contribution < -0.4 is 0 Å². The van der Waals surface area contributed by atoms with Crippen molar-refractivity contribution in [1.29, 1.82) is 5.26 Å². The molecule has 0 radical (unpaired) electrons. The first-order valence-corrected chi connectivity index (χ1v) is 7.21. The van der Waals surface area contributed by atoms with E-state index in [0.717, 1.165) is 12.7 Å². The van der Waals surface area contributed by atoms with E-state index in [1.165, 1.54) is 4.90 Å². The third-order valence-corrected chi connectivity index (χ3v) is 3.90. The van der Waals surface area contributed by atoms with Gasteiger partial charge in [0, 0.05) is 19.8 Å². The summed E-state index contributed by atoms with van der Waals surface area (Å²) in [5.41, 5.74) is -0.883. The van der Waals surface area contributed by atoms with E-state index in [1.807, 2.05) is 0 Å². The van der Waals surface area contributed by atoms with Crippen molar-refractivity contribution < 1.29 is 13.2 Å². The Morgan fingerprint density at radius 1 is 1.50 bits per heavy atom. The number of amides is 1. The second kappa shape index (κ2) is 4.42. The van der Waals surface area contributed by atoms with Gasteiger partial charge in [0.2, 0.25) is 5.91 Å². The zero-order valence-electron chi connectivity index (χ0n) is 9.56. The second-order valence-electron chi connectivity index (χ2n) is 4.40. The van der Waals surface area contributed by atoms with Crippen molar-refractivity contribution in [1.82, 2.24) is 4.90 Å². The minimum Gasteiger partial charge on any atom is -0.343 e. The van der Waals surface area contributed by atoms with Crippen LogP contribution in [-0.4, -0.2) is 44.8 Å². The Morgan fingerprint density at radius 2 is 2.06 bits per heavy atom. The minimum absolute atomic E-state index is 0.0588. The fourth-order valence-corrected chi connectivity index (χ4v) is 2.28. The predicted molar refractivity (Wildman–Crippen MR) is 59.2 cm³/mol. The van der Waals surface area contributed by atoms with Gasteiger partial charge in [-0.1, -0.05) is 0 Å². The molecule has 0 aromatic rings. The number of nitrogens with zero attached hydrogens (tertiary/aromatic N) is 2. The first-order valence-electron chi connectivity index (χ1n) is 5.15. The molecular formula is C10H16N2O3S. The van der Waals surface area contributed by atoms with E-state index in [1.54, 1.807) is 7.05 Å². The highest BCUT2D eigenvalue weighted by atomic mass is 32.2. The van der Waals surface area contributed by atoms with Gasteiger partial charge >= 0.3 is 0 Å². The molecule has 0 aromatic heterocycles. The lowest BCUT2D eigenvalue weighted by atomic mass is 9.69. The SMILES string of the molecule is CN(CCS(C)(=O)=O)C(=O)C1(C#N)CCC1. The van der Waals surface area contributed by atoms with Gasteiger partial charge in [-0.2, -0.15) is 5.26 Å². The van der Waals surface area contributed by atoms with Gasteiger partial charge in [0.1, 0.15) is 15.3 Å². The highest BCUT2D eigenvalue weighted by Gasteiger charge is 2.46. The van der Waals surface area contributed by atoms with Gasteiger partial charge < -0.3 is 4.90 Å². The number of hydrogen-bond donors (Lipinski definition) is 0. The summed E-state index contributed by atoms with van der Waals surface area (Å²) in [6.45, 7) is 0.154. The van der Waals surface area contributed by atoms with Gasteiger partial charge in [-0.3, -0.25) is 4.79 Å². The molecule has 0 bridgehead atoms. The Balaban J connectivity index is 2.58. The highest BCUT2D eigenvalue weighted by Crippen LogP contribution is 2.41. The van der Waals surface area contributed by atoms with Crippen LogP contribution >= 0.6 is 0 Å². The molecule has 6 heteroatoms. The molecule has 0 N–H and O–H groups in total. The normalized spacial score (nSPS) is 18.3. The molecule has 16 heavy (non-hydrogen) atoms. The molecule has 0 aliphatic heterocycles. The summed E-state index contributed by atoms with van der Waals surface area (Å²) in [5.74, 6) is -0.304. The zero-order chi connectivity index (χ0) is 12.4. The van der Waals surface area contributed by atoms with Crippen LogP contribution in [0.3, 0.4) is 0 Å². The molecule has 1 aliphatic carbocycles. The maximum Gasteiger partial charge on any atom is 0.242 e. The molecule has 0 unspecified atom stereocenters. The Hall–Kier alpha value is -1.09. The molecule has 1 rings (SSSR count). The Morgan fingerprint density at radius 3 is 2.38 bits per heavy atom. The van der Waals surface area contributed by atoms with E-state index in [-0.39, 0.29) is 18.2 Å². The summed E-state index contributed by atoms with van der Waals surface area (Å²) < 4.78 is 21.9. The van der Waals surface area contributed by atoms with E-state index >= 15 is 0 Å². The largest absolute Gasteiger partial charge is 0.343 e. The van der Waals surface area contributed by atoms with Gasteiger partial charge in [-0.05, 0) is 19.3 Å². The van der Waals surface area contributed by atoms with Crippen molar-refractivity contribution >= 4 is 15.7 Å². The molecular weight excluding hydrogens is 228 g/mol. The highest BCUT2D eigenvalue weighted by molar-refractivity contribution is 7.90. The lowest BCUT2D eigenvalue weighted by Gasteiger charge is -2.36. The smallest absolute Gasteiger partial charge is 0.242 e. The topological polar surface area (TPSA) is 78.2 Å². The summed E-state index contributed by atoms with van der Waals surface area (Å²) in [6, 6.07) is 2.05. The molecule has 1 aliphatic rings. The van der Waals surface area contributed by atoms with Gasteiger partial charge in [-0.15, -0.1) is 0 Å². The van der Waals surface area contributed by atoms with Crippen LogP contribution in [0.15, 0.2) is 0 Å². The molecule has 0 atom stereocenters. The number of nitriles is 1. The van der Waals surface area contributed by atoms with Crippen molar-refractivity contribution in [3.8, 4) is 6.07 Å². The van der Waals surface area contributed by atoms with Crippen LogP contribution in [0, 0.1) is 16.7 Å². The fourth-order valence-electron chi connectivity index (χ4n) is 1.67. The zero-order valence-corrected chi connectivity index (χ0v) is 10.4. The summed E-state index contributed by atoms with van der Waals surface area (Å²) in [6.07, 6.45) is 3.20. The molecule has 0 aromatic carbocycles. The molecule has 1 fully saturated rings. The lowest BCUT2D eigenvalue weighted by Crippen LogP contribution is -2.46. The van der Waals surface area contributed by atoms with Crippen LogP contribution in [0.1, 0.15) is 19.3 Å². The lowest BCUT2D eigenvalue weighted by molar-refractivity contribution is -0.141. The quantitative estimate of drug-likeness (QED) is 0.707. The van der Waals surface area contributed by atoms with E-state index < -0.39 is 15.3 Å². The second-order valence-corrected chi connectivity index (χ2v) is 6.66. The molecule has 5 nitrogen and oxygen atoms in total. The number of carbonyl (C=O) groups is 1. The Labute approximate surface area is 96.0 Å². The number of rotatable bonds is 4. The number of carbonyl (C=O) groups excluding carboxylic acids is 1. The van der Waals surface area contributed by atoms with Crippen LogP contribution in [0.2, 0.25) is 0 Å². The van der Waals surface area contributed by atoms with E-state index in [9.17, 15) is 13.2 Å². The van der Waals surface area contributed by atoms with E-state index in [4.69, 9.17) is 5.26 Å². The van der Waals surface area contributed by atoms with Crippen molar-refractivity contribution in [2.24, 2.45) is 5.41 Å². The van der Waals surface area contributed by atoms with Crippen molar-refractivity contribution in [2.45, 2.75) is 19.3 Å². The van der Waals surface area contributed by atoms with Gasteiger partial charge in [0.15, 0.2) is 0 Å². The summed E-state index contributed by atoms with van der Waals surface area (Å²) in [7, 11) is -1.52. The van der Waals surface area contributed by atoms with Gasteiger partial charge in [-0.25, -0.2) is 8.42 Å². The van der Waals surface area contributed by atoms with Crippen molar-refractivity contribution in [2.75, 3.05) is 25.6 Å². The van der Waals surface area contributed by atoms with E-state index in [2.05, 4.69) is 6.07 Å². The first-order chi connectivity index (χ1) is 7.31. The average molecular weight is 244 g/mol.